The van der Waals surface area contributed by atoms with Crippen LogP contribution in [0.25, 0.3) is 0 Å². The summed E-state index contributed by atoms with van der Waals surface area (Å²) < 4.78 is 15.8. The molecule has 7 heteroatoms. The molecule has 0 bridgehead atoms. The van der Waals surface area contributed by atoms with E-state index in [1.54, 1.807) is 45.3 Å². The third-order valence-corrected chi connectivity index (χ3v) is 3.63. The van der Waals surface area contributed by atoms with Crippen molar-refractivity contribution in [3.63, 3.8) is 0 Å². The van der Waals surface area contributed by atoms with E-state index in [2.05, 4.69) is 10.3 Å². The molecule has 1 atom stereocenters. The summed E-state index contributed by atoms with van der Waals surface area (Å²) in [7, 11) is 0. The van der Waals surface area contributed by atoms with Crippen molar-refractivity contribution in [2.24, 2.45) is 5.41 Å². The zero-order valence-electron chi connectivity index (χ0n) is 15.2. The van der Waals surface area contributed by atoms with E-state index in [-0.39, 0.29) is 12.0 Å². The first-order chi connectivity index (χ1) is 11.7. The number of hydrogen-bond donors (Lipinski definition) is 1. The average molecular weight is 350 g/mol. The summed E-state index contributed by atoms with van der Waals surface area (Å²) in [5, 5.41) is 2.61. The summed E-state index contributed by atoms with van der Waals surface area (Å²) in [6, 6.07) is 2.75. The van der Waals surface area contributed by atoms with Gasteiger partial charge < -0.3 is 19.5 Å². The van der Waals surface area contributed by atoms with E-state index in [0.29, 0.717) is 19.6 Å². The highest BCUT2D eigenvalue weighted by Gasteiger charge is 2.36. The average Bonchev–Trinajstić information content (AvgIpc) is 2.49. The van der Waals surface area contributed by atoms with Crippen molar-refractivity contribution in [1.82, 2.24) is 10.3 Å². The molecule has 1 amide bonds. The van der Waals surface area contributed by atoms with Crippen molar-refractivity contribution >= 4 is 12.1 Å². The van der Waals surface area contributed by atoms with Gasteiger partial charge in [-0.2, -0.15) is 0 Å². The maximum absolute atomic E-state index is 12.5. The van der Waals surface area contributed by atoms with E-state index in [1.165, 1.54) is 0 Å². The maximum atomic E-state index is 12.5. The molecule has 1 aromatic rings. The number of rotatable bonds is 6. The number of carbonyl (C=O) groups is 2. The van der Waals surface area contributed by atoms with Crippen LogP contribution in [0.4, 0.5) is 4.79 Å². The zero-order valence-corrected chi connectivity index (χ0v) is 15.2. The fourth-order valence-electron chi connectivity index (χ4n) is 2.28. The molecule has 7 nitrogen and oxygen atoms in total. The lowest BCUT2D eigenvalue weighted by atomic mass is 9.90. The first-order valence-electron chi connectivity index (χ1n) is 8.30. The molecule has 2 rings (SSSR count). The summed E-state index contributed by atoms with van der Waals surface area (Å²) in [4.78, 5) is 28.5. The van der Waals surface area contributed by atoms with Crippen LogP contribution in [0, 0.1) is 5.41 Å². The molecule has 0 saturated carbocycles. The highest BCUT2D eigenvalue weighted by molar-refractivity contribution is 5.81. The number of esters is 1. The fraction of sp³-hybridized carbons (Fsp3) is 0.611. The summed E-state index contributed by atoms with van der Waals surface area (Å²) in [5.41, 5.74) is 0.0700. The number of aromatic nitrogens is 1. The molecule has 1 unspecified atom stereocenters. The lowest BCUT2D eigenvalue weighted by Crippen LogP contribution is -2.48. The van der Waals surface area contributed by atoms with Gasteiger partial charge in [-0.25, -0.2) is 9.59 Å². The number of amides is 1. The summed E-state index contributed by atoms with van der Waals surface area (Å²) in [5.74, 6) is -0.490. The second kappa shape index (κ2) is 7.82. The smallest absolute Gasteiger partial charge is 0.408 e. The third-order valence-electron chi connectivity index (χ3n) is 3.63. The monoisotopic (exact) mass is 350 g/mol. The van der Waals surface area contributed by atoms with Crippen LogP contribution in [-0.4, -0.2) is 48.5 Å². The van der Waals surface area contributed by atoms with E-state index < -0.39 is 23.7 Å². The summed E-state index contributed by atoms with van der Waals surface area (Å²) in [6.07, 6.45) is 2.92. The molecule has 1 N–H and O–H groups in total. The van der Waals surface area contributed by atoms with Gasteiger partial charge in [0, 0.05) is 24.2 Å². The van der Waals surface area contributed by atoms with Crippen LogP contribution in [0.3, 0.4) is 0 Å². The number of nitrogens with zero attached hydrogens (tertiary/aromatic N) is 1. The van der Waals surface area contributed by atoms with Crippen molar-refractivity contribution in [3.8, 4) is 0 Å². The zero-order chi connectivity index (χ0) is 18.5. The molecule has 138 valence electrons. The SMILES string of the molecule is CC1(COC(=O)C(Cc2ccncc2)NC(=O)OC(C)(C)C)COC1. The maximum Gasteiger partial charge on any atom is 0.408 e. The molecule has 1 aromatic heterocycles. The lowest BCUT2D eigenvalue weighted by molar-refractivity contribution is -0.167. The van der Waals surface area contributed by atoms with Crippen LogP contribution < -0.4 is 5.32 Å². The van der Waals surface area contributed by atoms with Gasteiger partial charge in [0.2, 0.25) is 0 Å². The minimum atomic E-state index is -0.832. The molecule has 1 aliphatic heterocycles. The standard InChI is InChI=1S/C18H26N2O5/c1-17(2,3)25-16(22)20-14(9-13-5-7-19-8-6-13)15(21)24-12-18(4)10-23-11-18/h5-8,14H,9-12H2,1-4H3,(H,20,22). The molecule has 0 aliphatic carbocycles. The van der Waals surface area contributed by atoms with Crippen molar-refractivity contribution in [2.75, 3.05) is 19.8 Å². The van der Waals surface area contributed by atoms with Crippen molar-refractivity contribution in [2.45, 2.75) is 45.8 Å². The van der Waals surface area contributed by atoms with E-state index in [9.17, 15) is 9.59 Å². The topological polar surface area (TPSA) is 86.8 Å². The second-order valence-electron chi connectivity index (χ2n) is 7.67. The Labute approximate surface area is 148 Å². The molecule has 0 aromatic carbocycles. The second-order valence-corrected chi connectivity index (χ2v) is 7.67. The Morgan fingerprint density at radius 1 is 1.32 bits per heavy atom. The van der Waals surface area contributed by atoms with Crippen LogP contribution >= 0.6 is 0 Å². The Morgan fingerprint density at radius 2 is 1.96 bits per heavy atom. The molecule has 2 heterocycles. The minimum absolute atomic E-state index is 0.150. The highest BCUT2D eigenvalue weighted by Crippen LogP contribution is 2.26. The minimum Gasteiger partial charge on any atom is -0.463 e. The van der Waals surface area contributed by atoms with Crippen molar-refractivity contribution < 1.29 is 23.8 Å². The molecule has 1 saturated heterocycles. The van der Waals surface area contributed by atoms with Crippen LogP contribution in [0.15, 0.2) is 24.5 Å². The van der Waals surface area contributed by atoms with Crippen LogP contribution in [-0.2, 0) is 25.4 Å². The Hall–Kier alpha value is -2.15. The number of hydrogen-bond acceptors (Lipinski definition) is 6. The van der Waals surface area contributed by atoms with Gasteiger partial charge in [0.25, 0.3) is 0 Å². The fourth-order valence-corrected chi connectivity index (χ4v) is 2.28. The Bertz CT molecular complexity index is 593. The summed E-state index contributed by atoms with van der Waals surface area (Å²) >= 11 is 0. The van der Waals surface area contributed by atoms with E-state index in [4.69, 9.17) is 14.2 Å². The Morgan fingerprint density at radius 3 is 2.48 bits per heavy atom. The Kier molecular flexibility index (Phi) is 6.00. The molecular formula is C18H26N2O5. The first kappa shape index (κ1) is 19.2. The number of pyridine rings is 1. The molecular weight excluding hydrogens is 324 g/mol. The predicted molar refractivity (Wildman–Crippen MR) is 91.0 cm³/mol. The van der Waals surface area contributed by atoms with Gasteiger partial charge in [0.15, 0.2) is 0 Å². The third kappa shape index (κ3) is 6.34. The van der Waals surface area contributed by atoms with Crippen LogP contribution in [0.5, 0.6) is 0 Å². The molecule has 0 spiro atoms. The molecule has 1 fully saturated rings. The van der Waals surface area contributed by atoms with Crippen molar-refractivity contribution in [3.05, 3.63) is 30.1 Å². The quantitative estimate of drug-likeness (QED) is 0.791. The van der Waals surface area contributed by atoms with Crippen LogP contribution in [0.2, 0.25) is 0 Å². The van der Waals surface area contributed by atoms with Gasteiger partial charge in [-0.15, -0.1) is 0 Å². The molecule has 1 aliphatic rings. The van der Waals surface area contributed by atoms with Gasteiger partial charge in [0.1, 0.15) is 18.2 Å². The predicted octanol–water partition coefficient (Wildman–Crippen LogP) is 2.10. The van der Waals surface area contributed by atoms with Crippen molar-refractivity contribution in [1.29, 1.82) is 0 Å². The largest absolute Gasteiger partial charge is 0.463 e. The first-order valence-corrected chi connectivity index (χ1v) is 8.30. The number of alkyl carbamates (subject to hydrolysis) is 1. The molecule has 0 radical (unpaired) electrons. The van der Waals surface area contributed by atoms with Gasteiger partial charge in [-0.3, -0.25) is 4.98 Å². The Balaban J connectivity index is 1.99. The van der Waals surface area contributed by atoms with E-state index in [1.807, 2.05) is 6.92 Å². The normalized spacial score (nSPS) is 17.1. The van der Waals surface area contributed by atoms with Gasteiger partial charge in [-0.1, -0.05) is 6.92 Å². The number of ether oxygens (including phenoxy) is 3. The van der Waals surface area contributed by atoms with Gasteiger partial charge in [0.05, 0.1) is 13.2 Å². The van der Waals surface area contributed by atoms with E-state index in [0.717, 1.165) is 5.56 Å². The summed E-state index contributed by atoms with van der Waals surface area (Å²) in [6.45, 7) is 8.67. The van der Waals surface area contributed by atoms with Gasteiger partial charge >= 0.3 is 12.1 Å². The molecule has 25 heavy (non-hydrogen) atoms. The number of nitrogens with one attached hydrogen (secondary N) is 1. The van der Waals surface area contributed by atoms with Gasteiger partial charge in [-0.05, 0) is 38.5 Å². The van der Waals surface area contributed by atoms with E-state index >= 15 is 0 Å². The highest BCUT2D eigenvalue weighted by atomic mass is 16.6. The number of carbonyl (C=O) groups excluding carboxylic acids is 2. The lowest BCUT2D eigenvalue weighted by Gasteiger charge is -2.37. The van der Waals surface area contributed by atoms with Crippen LogP contribution in [0.1, 0.15) is 33.3 Å².